The van der Waals surface area contributed by atoms with Gasteiger partial charge in [0.2, 0.25) is 0 Å². The van der Waals surface area contributed by atoms with Gasteiger partial charge in [-0.05, 0) is 30.8 Å². The predicted octanol–water partition coefficient (Wildman–Crippen LogP) is 3.81. The lowest BCUT2D eigenvalue weighted by Gasteiger charge is -2.37. The Morgan fingerprint density at radius 2 is 1.65 bits per heavy atom. The van der Waals surface area contributed by atoms with E-state index in [1.807, 2.05) is 19.1 Å². The Kier molecular flexibility index (Phi) is 7.22. The molecular formula is C20H18ClF4N3O2S. The van der Waals surface area contributed by atoms with Crippen LogP contribution in [0.2, 0.25) is 5.02 Å². The minimum atomic E-state index is -1.64. The number of thiocarbonyl (C=S) groups is 1. The molecule has 166 valence electrons. The van der Waals surface area contributed by atoms with E-state index in [4.69, 9.17) is 28.6 Å². The zero-order chi connectivity index (χ0) is 22.7. The summed E-state index contributed by atoms with van der Waals surface area (Å²) in [6.07, 6.45) is 0. The SMILES string of the molecule is Cc1ccccc1OCC(=O)NC(=S)N1CCN(c2c(F)c(F)c(Cl)c(F)c2F)CC1. The third-order valence-electron chi connectivity index (χ3n) is 4.77. The molecule has 5 nitrogen and oxygen atoms in total. The molecule has 1 N–H and O–H groups in total. The molecule has 1 aliphatic rings. The van der Waals surface area contributed by atoms with Gasteiger partial charge < -0.3 is 19.9 Å². The molecule has 31 heavy (non-hydrogen) atoms. The van der Waals surface area contributed by atoms with Crippen LogP contribution in [0, 0.1) is 30.2 Å². The lowest BCUT2D eigenvalue weighted by Crippen LogP contribution is -2.53. The summed E-state index contributed by atoms with van der Waals surface area (Å²) in [7, 11) is 0. The molecule has 1 amide bonds. The third-order valence-corrected chi connectivity index (χ3v) is 5.46. The van der Waals surface area contributed by atoms with Gasteiger partial charge >= 0.3 is 0 Å². The summed E-state index contributed by atoms with van der Waals surface area (Å²) in [6, 6.07) is 7.22. The molecule has 0 aromatic heterocycles. The van der Waals surface area contributed by atoms with Crippen LogP contribution in [0.4, 0.5) is 23.2 Å². The number of para-hydroxylation sites is 1. The van der Waals surface area contributed by atoms with Crippen molar-refractivity contribution in [3.05, 3.63) is 58.1 Å². The van der Waals surface area contributed by atoms with Gasteiger partial charge in [0.05, 0.1) is 0 Å². The Morgan fingerprint density at radius 1 is 1.06 bits per heavy atom. The number of ether oxygens (including phenoxy) is 1. The van der Waals surface area contributed by atoms with Crippen LogP contribution in [-0.2, 0) is 4.79 Å². The number of carbonyl (C=O) groups excluding carboxylic acids is 1. The van der Waals surface area contributed by atoms with Crippen molar-refractivity contribution >= 4 is 40.5 Å². The van der Waals surface area contributed by atoms with Gasteiger partial charge in [-0.25, -0.2) is 17.6 Å². The maximum Gasteiger partial charge on any atom is 0.264 e. The lowest BCUT2D eigenvalue weighted by molar-refractivity contribution is -0.121. The molecule has 2 aromatic carbocycles. The molecule has 0 aliphatic carbocycles. The molecule has 0 saturated carbocycles. The molecule has 2 aromatic rings. The van der Waals surface area contributed by atoms with Crippen molar-refractivity contribution in [1.82, 2.24) is 10.2 Å². The molecule has 1 saturated heterocycles. The molecule has 1 heterocycles. The largest absolute Gasteiger partial charge is 0.483 e. The highest BCUT2D eigenvalue weighted by Crippen LogP contribution is 2.33. The van der Waals surface area contributed by atoms with Gasteiger partial charge in [-0.3, -0.25) is 4.79 Å². The summed E-state index contributed by atoms with van der Waals surface area (Å²) in [5.74, 6) is -6.29. The number of benzene rings is 2. The van der Waals surface area contributed by atoms with Crippen LogP contribution in [0.15, 0.2) is 24.3 Å². The highest BCUT2D eigenvalue weighted by atomic mass is 35.5. The van der Waals surface area contributed by atoms with Crippen LogP contribution in [0.25, 0.3) is 0 Å². The summed E-state index contributed by atoms with van der Waals surface area (Å²) in [5, 5.41) is 1.42. The first-order valence-corrected chi connectivity index (χ1v) is 10.0. The van der Waals surface area contributed by atoms with Gasteiger partial charge in [-0.1, -0.05) is 29.8 Å². The maximum absolute atomic E-state index is 14.2. The van der Waals surface area contributed by atoms with Gasteiger partial charge in [0, 0.05) is 26.2 Å². The number of rotatable bonds is 4. The molecule has 1 fully saturated rings. The lowest BCUT2D eigenvalue weighted by atomic mass is 10.2. The Hall–Kier alpha value is -2.59. The Balaban J connectivity index is 1.56. The van der Waals surface area contributed by atoms with Crippen molar-refractivity contribution < 1.29 is 27.1 Å². The maximum atomic E-state index is 14.2. The predicted molar refractivity (Wildman–Crippen MR) is 112 cm³/mol. The van der Waals surface area contributed by atoms with Gasteiger partial charge in [0.25, 0.3) is 5.91 Å². The Bertz CT molecular complexity index is 987. The van der Waals surface area contributed by atoms with E-state index in [1.54, 1.807) is 17.0 Å². The smallest absolute Gasteiger partial charge is 0.264 e. The van der Waals surface area contributed by atoms with Crippen molar-refractivity contribution in [2.24, 2.45) is 0 Å². The van der Waals surface area contributed by atoms with Crippen molar-refractivity contribution in [2.45, 2.75) is 6.92 Å². The molecule has 0 unspecified atom stereocenters. The molecular weight excluding hydrogens is 458 g/mol. The highest BCUT2D eigenvalue weighted by molar-refractivity contribution is 7.80. The molecule has 0 bridgehead atoms. The zero-order valence-corrected chi connectivity index (χ0v) is 17.9. The topological polar surface area (TPSA) is 44.8 Å². The number of aryl methyl sites for hydroxylation is 1. The van der Waals surface area contributed by atoms with Gasteiger partial charge in [0.1, 0.15) is 16.5 Å². The average molecular weight is 476 g/mol. The number of carbonyl (C=O) groups is 1. The number of piperazine rings is 1. The van der Waals surface area contributed by atoms with E-state index in [0.29, 0.717) is 5.75 Å². The van der Waals surface area contributed by atoms with E-state index in [0.717, 1.165) is 10.5 Å². The summed E-state index contributed by atoms with van der Waals surface area (Å²) in [6.45, 7) is 1.98. The fraction of sp³-hybridized carbons (Fsp3) is 0.300. The van der Waals surface area contributed by atoms with E-state index >= 15 is 0 Å². The van der Waals surface area contributed by atoms with Crippen molar-refractivity contribution in [1.29, 1.82) is 0 Å². The quantitative estimate of drug-likeness (QED) is 0.315. The molecule has 0 radical (unpaired) electrons. The standard InChI is InChI=1S/C20H18ClF4N3O2S/c1-11-4-2-3-5-12(11)30-10-13(29)26-20(31)28-8-6-27(7-9-28)19-17(24)15(22)14(21)16(23)18(19)25/h2-5H,6-10H2,1H3,(H,26,29,31). The fourth-order valence-corrected chi connectivity index (χ4v) is 3.56. The number of nitrogens with zero attached hydrogens (tertiary/aromatic N) is 2. The van der Waals surface area contributed by atoms with Crippen molar-refractivity contribution in [2.75, 3.05) is 37.7 Å². The van der Waals surface area contributed by atoms with Crippen LogP contribution in [0.5, 0.6) is 5.75 Å². The molecule has 0 atom stereocenters. The number of halogens is 5. The minimum Gasteiger partial charge on any atom is -0.483 e. The zero-order valence-electron chi connectivity index (χ0n) is 16.4. The van der Waals surface area contributed by atoms with Crippen LogP contribution in [0.3, 0.4) is 0 Å². The number of hydrogen-bond donors (Lipinski definition) is 1. The first-order chi connectivity index (χ1) is 14.7. The fourth-order valence-electron chi connectivity index (χ4n) is 3.10. The van der Waals surface area contributed by atoms with Gasteiger partial charge in [-0.2, -0.15) is 0 Å². The van der Waals surface area contributed by atoms with Crippen LogP contribution in [-0.4, -0.2) is 48.7 Å². The van der Waals surface area contributed by atoms with Crippen molar-refractivity contribution in [3.8, 4) is 5.75 Å². The number of anilines is 1. The van der Waals surface area contributed by atoms with E-state index in [9.17, 15) is 22.4 Å². The second-order valence-electron chi connectivity index (χ2n) is 6.80. The van der Waals surface area contributed by atoms with Gasteiger partial charge in [0.15, 0.2) is 35.0 Å². The first kappa shape index (κ1) is 23.1. The second kappa shape index (κ2) is 9.69. The number of nitrogens with one attached hydrogen (secondary N) is 1. The van der Waals surface area contributed by atoms with Crippen LogP contribution < -0.4 is 15.0 Å². The van der Waals surface area contributed by atoms with Crippen LogP contribution >= 0.6 is 23.8 Å². The van der Waals surface area contributed by atoms with E-state index in [-0.39, 0.29) is 37.9 Å². The van der Waals surface area contributed by atoms with Crippen molar-refractivity contribution in [3.63, 3.8) is 0 Å². The number of hydrogen-bond acceptors (Lipinski definition) is 4. The molecule has 11 heteroatoms. The van der Waals surface area contributed by atoms with Gasteiger partial charge in [-0.15, -0.1) is 0 Å². The highest BCUT2D eigenvalue weighted by Gasteiger charge is 2.30. The molecule has 3 rings (SSSR count). The summed E-state index contributed by atoms with van der Waals surface area (Å²) >= 11 is 10.5. The van der Waals surface area contributed by atoms with E-state index in [1.165, 1.54) is 0 Å². The minimum absolute atomic E-state index is 0.0179. The summed E-state index contributed by atoms with van der Waals surface area (Å²) < 4.78 is 61.2. The molecule has 0 spiro atoms. The monoisotopic (exact) mass is 475 g/mol. The number of amides is 1. The van der Waals surface area contributed by atoms with E-state index < -0.39 is 39.9 Å². The average Bonchev–Trinajstić information content (AvgIpc) is 2.76. The first-order valence-electron chi connectivity index (χ1n) is 9.24. The molecule has 1 aliphatic heterocycles. The Labute approximate surface area is 186 Å². The Morgan fingerprint density at radius 3 is 2.23 bits per heavy atom. The van der Waals surface area contributed by atoms with Crippen LogP contribution in [0.1, 0.15) is 5.56 Å². The second-order valence-corrected chi connectivity index (χ2v) is 7.56. The summed E-state index contributed by atoms with van der Waals surface area (Å²) in [5.41, 5.74) is 0.0594. The third kappa shape index (κ3) is 5.01. The van der Waals surface area contributed by atoms with E-state index in [2.05, 4.69) is 5.32 Å². The normalized spacial score (nSPS) is 13.9. The summed E-state index contributed by atoms with van der Waals surface area (Å²) in [4.78, 5) is 14.9.